The maximum Gasteiger partial charge on any atom is 0.0302 e. The Balaban J connectivity index is 2.27. The van der Waals surface area contributed by atoms with Crippen molar-refractivity contribution < 1.29 is 0 Å². The zero-order valence-corrected chi connectivity index (χ0v) is 8.82. The number of nitrogens with one attached hydrogen (secondary N) is 1. The molecule has 1 N–H and O–H groups in total. The van der Waals surface area contributed by atoms with E-state index in [1.54, 1.807) is 0 Å². The van der Waals surface area contributed by atoms with Crippen LogP contribution in [0, 0.1) is 5.92 Å². The highest BCUT2D eigenvalue weighted by Crippen LogP contribution is 2.09. The highest BCUT2D eigenvalue weighted by Gasteiger charge is 2.05. The Morgan fingerprint density at radius 2 is 2.17 bits per heavy atom. The molecule has 0 radical (unpaired) electrons. The van der Waals surface area contributed by atoms with Gasteiger partial charge in [-0.15, -0.1) is 11.3 Å². The van der Waals surface area contributed by atoms with E-state index in [1.165, 1.54) is 4.88 Å². The number of hydrogen-bond acceptors (Lipinski definition) is 2. The highest BCUT2D eigenvalue weighted by molar-refractivity contribution is 7.09. The van der Waals surface area contributed by atoms with E-state index in [2.05, 4.69) is 43.6 Å². The Morgan fingerprint density at radius 3 is 2.67 bits per heavy atom. The largest absolute Gasteiger partial charge is 0.309 e. The van der Waals surface area contributed by atoms with E-state index in [0.717, 1.165) is 6.54 Å². The Hall–Kier alpha value is -0.340. The Kier molecular flexibility index (Phi) is 3.76. The minimum atomic E-state index is 0.604. The van der Waals surface area contributed by atoms with Crippen LogP contribution in [0.2, 0.25) is 0 Å². The minimum absolute atomic E-state index is 0.604. The molecule has 0 aliphatic heterocycles. The lowest BCUT2D eigenvalue weighted by Gasteiger charge is -2.16. The molecule has 68 valence electrons. The van der Waals surface area contributed by atoms with E-state index in [0.29, 0.717) is 12.0 Å². The molecule has 12 heavy (non-hydrogen) atoms. The first kappa shape index (κ1) is 9.75. The molecule has 1 heterocycles. The zero-order valence-electron chi connectivity index (χ0n) is 8.00. The summed E-state index contributed by atoms with van der Waals surface area (Å²) in [7, 11) is 0. The molecular formula is C10H17NS. The van der Waals surface area contributed by atoms with Crippen molar-refractivity contribution in [1.29, 1.82) is 0 Å². The van der Waals surface area contributed by atoms with E-state index in [4.69, 9.17) is 0 Å². The highest BCUT2D eigenvalue weighted by atomic mass is 32.1. The molecular weight excluding hydrogens is 166 g/mol. The summed E-state index contributed by atoms with van der Waals surface area (Å²) in [5.74, 6) is 0.713. The average Bonchev–Trinajstić information content (AvgIpc) is 2.51. The molecule has 0 fully saturated rings. The van der Waals surface area contributed by atoms with E-state index >= 15 is 0 Å². The van der Waals surface area contributed by atoms with Crippen LogP contribution in [-0.2, 0) is 6.54 Å². The van der Waals surface area contributed by atoms with Gasteiger partial charge < -0.3 is 5.32 Å². The van der Waals surface area contributed by atoms with Crippen molar-refractivity contribution in [3.05, 3.63) is 22.4 Å². The Labute approximate surface area is 78.8 Å². The molecule has 1 nitrogen and oxygen atoms in total. The lowest BCUT2D eigenvalue weighted by molar-refractivity contribution is 0.428. The minimum Gasteiger partial charge on any atom is -0.309 e. The van der Waals surface area contributed by atoms with Gasteiger partial charge in [0.25, 0.3) is 0 Å². The van der Waals surface area contributed by atoms with Crippen LogP contribution in [0.3, 0.4) is 0 Å². The van der Waals surface area contributed by atoms with E-state index in [1.807, 2.05) is 11.3 Å². The fourth-order valence-corrected chi connectivity index (χ4v) is 1.57. The van der Waals surface area contributed by atoms with Crippen molar-refractivity contribution in [2.24, 2.45) is 5.92 Å². The molecule has 0 saturated carbocycles. The first-order chi connectivity index (χ1) is 5.70. The molecule has 1 aromatic heterocycles. The standard InChI is InChI=1S/C10H17NS/c1-8(2)9(3)11-7-10-5-4-6-12-10/h4-6,8-9,11H,7H2,1-3H3/t9-/m0/s1. The molecule has 0 saturated heterocycles. The van der Waals surface area contributed by atoms with Crippen LogP contribution in [0.1, 0.15) is 25.6 Å². The zero-order chi connectivity index (χ0) is 8.97. The number of hydrogen-bond donors (Lipinski definition) is 1. The van der Waals surface area contributed by atoms with Gasteiger partial charge in [0.05, 0.1) is 0 Å². The van der Waals surface area contributed by atoms with E-state index < -0.39 is 0 Å². The van der Waals surface area contributed by atoms with Crippen molar-refractivity contribution in [2.75, 3.05) is 0 Å². The van der Waals surface area contributed by atoms with E-state index in [9.17, 15) is 0 Å². The number of thiophene rings is 1. The average molecular weight is 183 g/mol. The summed E-state index contributed by atoms with van der Waals surface area (Å²) in [6.45, 7) is 7.73. The molecule has 1 atom stereocenters. The number of rotatable bonds is 4. The summed E-state index contributed by atoms with van der Waals surface area (Å²) in [5.41, 5.74) is 0. The van der Waals surface area contributed by atoms with Gasteiger partial charge in [-0.2, -0.15) is 0 Å². The summed E-state index contributed by atoms with van der Waals surface area (Å²) in [6.07, 6.45) is 0. The SMILES string of the molecule is CC(C)[C@H](C)NCc1cccs1. The molecule has 0 aromatic carbocycles. The molecule has 0 bridgehead atoms. The summed E-state index contributed by atoms with van der Waals surface area (Å²) < 4.78 is 0. The van der Waals surface area contributed by atoms with Crippen LogP contribution in [0.15, 0.2) is 17.5 Å². The van der Waals surface area contributed by atoms with Crippen LogP contribution in [0.25, 0.3) is 0 Å². The van der Waals surface area contributed by atoms with Crippen LogP contribution in [0.5, 0.6) is 0 Å². The first-order valence-corrected chi connectivity index (χ1v) is 5.34. The second-order valence-electron chi connectivity index (χ2n) is 3.49. The molecule has 1 aromatic rings. The van der Waals surface area contributed by atoms with Gasteiger partial charge in [0, 0.05) is 17.5 Å². The van der Waals surface area contributed by atoms with Crippen molar-refractivity contribution in [3.8, 4) is 0 Å². The lowest BCUT2D eigenvalue weighted by atomic mass is 10.1. The van der Waals surface area contributed by atoms with Gasteiger partial charge in [-0.05, 0) is 24.3 Å². The monoisotopic (exact) mass is 183 g/mol. The van der Waals surface area contributed by atoms with Crippen molar-refractivity contribution in [2.45, 2.75) is 33.4 Å². The smallest absolute Gasteiger partial charge is 0.0302 e. The van der Waals surface area contributed by atoms with Gasteiger partial charge in [-0.25, -0.2) is 0 Å². The normalized spacial score (nSPS) is 13.7. The van der Waals surface area contributed by atoms with Gasteiger partial charge in [0.2, 0.25) is 0 Å². The molecule has 0 aliphatic carbocycles. The summed E-state index contributed by atoms with van der Waals surface area (Å²) in [6, 6.07) is 4.87. The van der Waals surface area contributed by atoms with Crippen molar-refractivity contribution in [3.63, 3.8) is 0 Å². The molecule has 0 aliphatic rings. The van der Waals surface area contributed by atoms with Crippen LogP contribution in [0.4, 0.5) is 0 Å². The van der Waals surface area contributed by atoms with Gasteiger partial charge in [0.15, 0.2) is 0 Å². The summed E-state index contributed by atoms with van der Waals surface area (Å²) in [4.78, 5) is 1.42. The second kappa shape index (κ2) is 4.63. The fourth-order valence-electron chi connectivity index (χ4n) is 0.910. The topological polar surface area (TPSA) is 12.0 Å². The van der Waals surface area contributed by atoms with Crippen molar-refractivity contribution in [1.82, 2.24) is 5.32 Å². The fraction of sp³-hybridized carbons (Fsp3) is 0.600. The molecule has 0 spiro atoms. The van der Waals surface area contributed by atoms with Crippen LogP contribution in [-0.4, -0.2) is 6.04 Å². The second-order valence-corrected chi connectivity index (χ2v) is 4.53. The van der Waals surface area contributed by atoms with Crippen LogP contribution < -0.4 is 5.32 Å². The lowest BCUT2D eigenvalue weighted by Crippen LogP contribution is -2.29. The molecule has 1 rings (SSSR count). The molecule has 0 amide bonds. The quantitative estimate of drug-likeness (QED) is 0.757. The summed E-state index contributed by atoms with van der Waals surface area (Å²) in [5, 5.41) is 5.62. The van der Waals surface area contributed by atoms with Gasteiger partial charge in [-0.3, -0.25) is 0 Å². The Morgan fingerprint density at radius 1 is 1.42 bits per heavy atom. The predicted molar refractivity (Wildman–Crippen MR) is 55.5 cm³/mol. The molecule has 2 heteroatoms. The van der Waals surface area contributed by atoms with Gasteiger partial charge in [-0.1, -0.05) is 19.9 Å². The third-order valence-corrected chi connectivity index (χ3v) is 3.05. The maximum absolute atomic E-state index is 3.49. The third kappa shape index (κ3) is 2.95. The van der Waals surface area contributed by atoms with Gasteiger partial charge in [0.1, 0.15) is 0 Å². The first-order valence-electron chi connectivity index (χ1n) is 4.46. The van der Waals surface area contributed by atoms with Crippen molar-refractivity contribution >= 4 is 11.3 Å². The predicted octanol–water partition coefficient (Wildman–Crippen LogP) is 2.88. The third-order valence-electron chi connectivity index (χ3n) is 2.18. The summed E-state index contributed by atoms with van der Waals surface area (Å²) >= 11 is 1.81. The van der Waals surface area contributed by atoms with E-state index in [-0.39, 0.29) is 0 Å². The Bertz CT molecular complexity index is 204. The molecule has 0 unspecified atom stereocenters. The van der Waals surface area contributed by atoms with Gasteiger partial charge >= 0.3 is 0 Å². The maximum atomic E-state index is 3.49. The van der Waals surface area contributed by atoms with Crippen LogP contribution >= 0.6 is 11.3 Å².